The van der Waals surface area contributed by atoms with Crippen LogP contribution in [-0.4, -0.2) is 39.8 Å². The predicted octanol–water partition coefficient (Wildman–Crippen LogP) is 3.17. The average Bonchev–Trinajstić information content (AvgIpc) is 3.08. The maximum Gasteiger partial charge on any atom is 0.278 e. The summed E-state index contributed by atoms with van der Waals surface area (Å²) in [6.07, 6.45) is 1.40. The molecule has 10 heteroatoms. The fourth-order valence-electron chi connectivity index (χ4n) is 3.43. The molecular weight excluding hydrogens is 394 g/mol. The van der Waals surface area contributed by atoms with Crippen LogP contribution in [0.5, 0.6) is 0 Å². The number of hydrogen-bond acceptors (Lipinski definition) is 7. The molecule has 0 unspecified atom stereocenters. The van der Waals surface area contributed by atoms with E-state index in [4.69, 9.17) is 16.4 Å². The van der Waals surface area contributed by atoms with Crippen molar-refractivity contribution in [2.45, 2.75) is 19.9 Å². The molecule has 1 aromatic carbocycles. The van der Waals surface area contributed by atoms with E-state index in [1.54, 1.807) is 6.07 Å². The molecule has 9 nitrogen and oxygen atoms in total. The number of fused-ring (bicyclic) bond motifs is 3. The van der Waals surface area contributed by atoms with Gasteiger partial charge < -0.3 is 10.2 Å². The highest BCUT2D eigenvalue weighted by molar-refractivity contribution is 6.29. The Kier molecular flexibility index (Phi) is 4.85. The van der Waals surface area contributed by atoms with Gasteiger partial charge in [-0.1, -0.05) is 17.7 Å². The molecule has 0 spiro atoms. The summed E-state index contributed by atoms with van der Waals surface area (Å²) in [7, 11) is 3.37. The molecular formula is C19H20ClN7O2. The highest BCUT2D eigenvalue weighted by atomic mass is 35.5. The molecule has 2 N–H and O–H groups in total. The first kappa shape index (κ1) is 19.2. The molecule has 0 fully saturated rings. The van der Waals surface area contributed by atoms with Crippen molar-refractivity contribution in [2.75, 3.05) is 24.4 Å². The third-order valence-corrected chi connectivity index (χ3v) is 5.07. The van der Waals surface area contributed by atoms with Gasteiger partial charge in [-0.15, -0.1) is 0 Å². The SMILES string of the molecule is CONC(=O)c1cnc(Cl)cc1Nc1cccc2c1N(C)[C@@H](C)c1nc(C)nn1-2. The van der Waals surface area contributed by atoms with E-state index in [-0.39, 0.29) is 11.2 Å². The number of rotatable bonds is 4. The molecule has 150 valence electrons. The van der Waals surface area contributed by atoms with Gasteiger partial charge in [0.05, 0.1) is 41.5 Å². The van der Waals surface area contributed by atoms with Gasteiger partial charge in [0, 0.05) is 13.2 Å². The summed E-state index contributed by atoms with van der Waals surface area (Å²) in [5.74, 6) is 1.16. The van der Waals surface area contributed by atoms with Crippen LogP contribution in [0.15, 0.2) is 30.5 Å². The molecule has 4 rings (SSSR count). The van der Waals surface area contributed by atoms with Gasteiger partial charge in [0.15, 0.2) is 5.82 Å². The van der Waals surface area contributed by atoms with Crippen molar-refractivity contribution in [3.8, 4) is 5.69 Å². The second kappa shape index (κ2) is 7.34. The third-order valence-electron chi connectivity index (χ3n) is 4.87. The lowest BCUT2D eigenvalue weighted by molar-refractivity contribution is 0.0538. The van der Waals surface area contributed by atoms with Crippen molar-refractivity contribution < 1.29 is 9.63 Å². The van der Waals surface area contributed by atoms with Gasteiger partial charge in [-0.3, -0.25) is 9.63 Å². The van der Waals surface area contributed by atoms with Crippen molar-refractivity contribution in [3.05, 3.63) is 52.8 Å². The van der Waals surface area contributed by atoms with Crippen LogP contribution in [0.3, 0.4) is 0 Å². The molecule has 2 aromatic heterocycles. The molecule has 0 saturated carbocycles. The number of nitrogens with zero attached hydrogens (tertiary/aromatic N) is 5. The Morgan fingerprint density at radius 3 is 2.86 bits per heavy atom. The molecule has 29 heavy (non-hydrogen) atoms. The van der Waals surface area contributed by atoms with Crippen LogP contribution in [0.4, 0.5) is 17.1 Å². The van der Waals surface area contributed by atoms with E-state index in [0.717, 1.165) is 22.9 Å². The van der Waals surface area contributed by atoms with Crippen LogP contribution >= 0.6 is 11.6 Å². The number of para-hydroxylation sites is 1. The summed E-state index contributed by atoms with van der Waals surface area (Å²) >= 11 is 6.08. The number of hydrogen-bond donors (Lipinski definition) is 2. The number of aryl methyl sites for hydroxylation is 1. The minimum atomic E-state index is -0.431. The van der Waals surface area contributed by atoms with Crippen LogP contribution in [0.1, 0.15) is 35.0 Å². The Morgan fingerprint density at radius 2 is 2.10 bits per heavy atom. The smallest absolute Gasteiger partial charge is 0.278 e. The lowest BCUT2D eigenvalue weighted by Gasteiger charge is -2.34. The second-order valence-corrected chi connectivity index (χ2v) is 7.09. The van der Waals surface area contributed by atoms with Gasteiger partial charge in [0.25, 0.3) is 5.91 Å². The van der Waals surface area contributed by atoms with Gasteiger partial charge >= 0.3 is 0 Å². The van der Waals surface area contributed by atoms with E-state index in [1.807, 2.05) is 36.9 Å². The standard InChI is InChI=1S/C19H20ClN7O2/c1-10-18-22-11(2)24-27(18)15-7-5-6-13(17(15)26(10)3)23-14-8-16(20)21-9-12(14)19(28)25-29-4/h5-10H,1-4H3,(H,21,23)(H,25,28)/t10-/m0/s1. The van der Waals surface area contributed by atoms with E-state index >= 15 is 0 Å². The van der Waals surface area contributed by atoms with Gasteiger partial charge in [-0.05, 0) is 32.0 Å². The monoisotopic (exact) mass is 413 g/mol. The molecule has 1 amide bonds. The largest absolute Gasteiger partial charge is 0.361 e. The van der Waals surface area contributed by atoms with Crippen molar-refractivity contribution in [2.24, 2.45) is 0 Å². The minimum Gasteiger partial charge on any atom is -0.361 e. The normalized spacial score (nSPS) is 14.9. The Labute approximate surface area is 172 Å². The van der Waals surface area contributed by atoms with Crippen molar-refractivity contribution in [1.29, 1.82) is 0 Å². The van der Waals surface area contributed by atoms with Crippen molar-refractivity contribution in [3.63, 3.8) is 0 Å². The number of carbonyl (C=O) groups excluding carboxylic acids is 1. The average molecular weight is 414 g/mol. The zero-order valence-corrected chi connectivity index (χ0v) is 17.2. The van der Waals surface area contributed by atoms with Crippen molar-refractivity contribution in [1.82, 2.24) is 25.2 Å². The number of anilines is 3. The molecule has 0 bridgehead atoms. The maximum absolute atomic E-state index is 12.3. The molecule has 0 saturated heterocycles. The van der Waals surface area contributed by atoms with E-state index in [1.165, 1.54) is 13.3 Å². The van der Waals surface area contributed by atoms with Crippen LogP contribution in [-0.2, 0) is 4.84 Å². The van der Waals surface area contributed by atoms with E-state index in [9.17, 15) is 4.79 Å². The zero-order valence-electron chi connectivity index (χ0n) is 16.4. The fraction of sp³-hybridized carbons (Fsp3) is 0.263. The summed E-state index contributed by atoms with van der Waals surface area (Å²) in [6, 6.07) is 7.46. The predicted molar refractivity (Wildman–Crippen MR) is 110 cm³/mol. The quantitative estimate of drug-likeness (QED) is 0.500. The van der Waals surface area contributed by atoms with E-state index < -0.39 is 5.91 Å². The first-order chi connectivity index (χ1) is 13.9. The molecule has 1 atom stereocenters. The van der Waals surface area contributed by atoms with Crippen LogP contribution < -0.4 is 15.7 Å². The van der Waals surface area contributed by atoms with E-state index in [2.05, 4.69) is 37.7 Å². The number of hydroxylamine groups is 1. The Hall–Kier alpha value is -3.17. The zero-order chi connectivity index (χ0) is 20.7. The first-order valence-corrected chi connectivity index (χ1v) is 9.34. The molecule has 3 heterocycles. The number of pyridine rings is 1. The number of halogens is 1. The number of aromatic nitrogens is 4. The number of carbonyl (C=O) groups is 1. The highest BCUT2D eigenvalue weighted by Crippen LogP contribution is 2.42. The number of nitrogens with one attached hydrogen (secondary N) is 2. The van der Waals surface area contributed by atoms with Gasteiger partial charge in [-0.25, -0.2) is 20.1 Å². The van der Waals surface area contributed by atoms with Crippen molar-refractivity contribution >= 4 is 34.6 Å². The van der Waals surface area contributed by atoms with Gasteiger partial charge in [0.2, 0.25) is 0 Å². The Morgan fingerprint density at radius 1 is 1.31 bits per heavy atom. The summed E-state index contributed by atoms with van der Waals surface area (Å²) in [4.78, 5) is 27.8. The van der Waals surface area contributed by atoms with Gasteiger partial charge in [0.1, 0.15) is 11.0 Å². The van der Waals surface area contributed by atoms with Gasteiger partial charge in [-0.2, -0.15) is 5.10 Å². The number of amides is 1. The summed E-state index contributed by atoms with van der Waals surface area (Å²) < 4.78 is 1.86. The fourth-order valence-corrected chi connectivity index (χ4v) is 3.58. The molecule has 0 aliphatic carbocycles. The molecule has 1 aliphatic heterocycles. The summed E-state index contributed by atoms with van der Waals surface area (Å²) in [5, 5.41) is 8.14. The molecule has 0 radical (unpaired) electrons. The van der Waals surface area contributed by atoms with Crippen LogP contribution in [0.25, 0.3) is 5.69 Å². The molecule has 3 aromatic rings. The van der Waals surface area contributed by atoms with Crippen LogP contribution in [0, 0.1) is 6.92 Å². The van der Waals surface area contributed by atoms with Crippen LogP contribution in [0.2, 0.25) is 5.15 Å². The first-order valence-electron chi connectivity index (χ1n) is 8.96. The Bertz CT molecular complexity index is 1100. The highest BCUT2D eigenvalue weighted by Gasteiger charge is 2.30. The molecule has 1 aliphatic rings. The second-order valence-electron chi connectivity index (χ2n) is 6.70. The summed E-state index contributed by atoms with van der Waals surface area (Å²) in [5.41, 5.74) is 5.75. The summed E-state index contributed by atoms with van der Waals surface area (Å²) in [6.45, 7) is 3.94. The van der Waals surface area contributed by atoms with E-state index in [0.29, 0.717) is 17.1 Å². The minimum absolute atomic E-state index is 0.0175. The Balaban J connectivity index is 1.82. The lowest BCUT2D eigenvalue weighted by Crippen LogP contribution is -2.31. The maximum atomic E-state index is 12.3. The lowest BCUT2D eigenvalue weighted by atomic mass is 10.1. The number of benzene rings is 1. The topological polar surface area (TPSA) is 97.2 Å². The third kappa shape index (κ3) is 3.28.